The molecule has 0 bridgehead atoms. The van der Waals surface area contributed by atoms with Crippen molar-refractivity contribution in [2.45, 2.75) is 6.61 Å². The smallest absolute Gasteiger partial charge is 0.125 e. The first-order valence-corrected chi connectivity index (χ1v) is 6.78. The lowest BCUT2D eigenvalue weighted by atomic mass is 10.2. The van der Waals surface area contributed by atoms with Crippen molar-refractivity contribution in [1.82, 2.24) is 0 Å². The van der Waals surface area contributed by atoms with Crippen molar-refractivity contribution < 1.29 is 14.2 Å². The average Bonchev–Trinajstić information content (AvgIpc) is 2.52. The first kappa shape index (κ1) is 15.1. The van der Waals surface area contributed by atoms with Gasteiger partial charge in [0.2, 0.25) is 0 Å². The van der Waals surface area contributed by atoms with Crippen LogP contribution in [0.15, 0.2) is 42.5 Å². The van der Waals surface area contributed by atoms with Crippen LogP contribution in [0.25, 0.3) is 0 Å². The molecule has 2 rings (SSSR count). The third-order valence-corrected chi connectivity index (χ3v) is 3.22. The Morgan fingerprint density at radius 1 is 1.05 bits per heavy atom. The second kappa shape index (κ2) is 6.95. The van der Waals surface area contributed by atoms with Gasteiger partial charge in [-0.25, -0.2) is 0 Å². The van der Waals surface area contributed by atoms with Crippen LogP contribution < -0.4 is 19.9 Å². The highest BCUT2D eigenvalue weighted by molar-refractivity contribution is 7.80. The number of methoxy groups -OCH3 is 2. The number of ether oxygens (including phenoxy) is 3. The van der Waals surface area contributed by atoms with Gasteiger partial charge in [-0.1, -0.05) is 30.4 Å². The second-order valence-corrected chi connectivity index (χ2v) is 4.80. The van der Waals surface area contributed by atoms with Gasteiger partial charge in [-0.2, -0.15) is 0 Å². The van der Waals surface area contributed by atoms with E-state index < -0.39 is 0 Å². The summed E-state index contributed by atoms with van der Waals surface area (Å²) < 4.78 is 16.3. The molecule has 0 atom stereocenters. The Kier molecular flexibility index (Phi) is 5.00. The van der Waals surface area contributed by atoms with Gasteiger partial charge < -0.3 is 19.9 Å². The van der Waals surface area contributed by atoms with E-state index in [2.05, 4.69) is 0 Å². The normalized spacial score (nSPS) is 10.0. The van der Waals surface area contributed by atoms with E-state index in [0.717, 1.165) is 11.3 Å². The molecule has 110 valence electrons. The fourth-order valence-corrected chi connectivity index (χ4v) is 2.02. The molecule has 0 spiro atoms. The first-order chi connectivity index (χ1) is 10.1. The van der Waals surface area contributed by atoms with Crippen LogP contribution in [0.5, 0.6) is 17.2 Å². The molecule has 0 radical (unpaired) electrons. The molecule has 0 aliphatic heterocycles. The molecule has 0 unspecified atom stereocenters. The minimum absolute atomic E-state index is 0.302. The molecular weight excluding hydrogens is 286 g/mol. The highest BCUT2D eigenvalue weighted by Crippen LogP contribution is 2.25. The van der Waals surface area contributed by atoms with E-state index in [0.29, 0.717) is 28.7 Å². The van der Waals surface area contributed by atoms with Gasteiger partial charge in [0.15, 0.2) is 0 Å². The second-order valence-electron chi connectivity index (χ2n) is 4.36. The van der Waals surface area contributed by atoms with Gasteiger partial charge in [0.25, 0.3) is 0 Å². The molecule has 0 aliphatic rings. The summed E-state index contributed by atoms with van der Waals surface area (Å²) in [6, 6.07) is 13.1. The monoisotopic (exact) mass is 303 g/mol. The third-order valence-electron chi connectivity index (χ3n) is 2.99. The van der Waals surface area contributed by atoms with Crippen LogP contribution in [0.2, 0.25) is 0 Å². The molecule has 0 heterocycles. The SMILES string of the molecule is COc1cc(OCc2ccccc2OC)cc(C(N)=S)c1. The van der Waals surface area contributed by atoms with Crippen LogP contribution in [0.4, 0.5) is 0 Å². The molecule has 0 aromatic heterocycles. The number of thiocarbonyl (C=S) groups is 1. The van der Waals surface area contributed by atoms with Gasteiger partial charge in [0.1, 0.15) is 28.8 Å². The molecule has 0 aliphatic carbocycles. The Bertz CT molecular complexity index is 643. The Labute approximate surface area is 129 Å². The standard InChI is InChI=1S/C16H17NO3S/c1-18-13-7-12(16(17)21)8-14(9-13)20-10-11-5-3-4-6-15(11)19-2/h3-9H,10H2,1-2H3,(H2,17,21). The highest BCUT2D eigenvalue weighted by atomic mass is 32.1. The van der Waals surface area contributed by atoms with Gasteiger partial charge in [-0.3, -0.25) is 0 Å². The van der Waals surface area contributed by atoms with E-state index in [1.165, 1.54) is 0 Å². The lowest BCUT2D eigenvalue weighted by molar-refractivity contribution is 0.294. The average molecular weight is 303 g/mol. The van der Waals surface area contributed by atoms with Crippen molar-refractivity contribution in [2.75, 3.05) is 14.2 Å². The quantitative estimate of drug-likeness (QED) is 0.832. The van der Waals surface area contributed by atoms with E-state index in [4.69, 9.17) is 32.2 Å². The zero-order valence-corrected chi connectivity index (χ0v) is 12.8. The van der Waals surface area contributed by atoms with E-state index in [1.54, 1.807) is 32.4 Å². The van der Waals surface area contributed by atoms with Crippen molar-refractivity contribution in [2.24, 2.45) is 5.73 Å². The summed E-state index contributed by atoms with van der Waals surface area (Å²) in [7, 11) is 3.22. The first-order valence-electron chi connectivity index (χ1n) is 6.37. The Morgan fingerprint density at radius 3 is 2.43 bits per heavy atom. The Hall–Kier alpha value is -2.27. The number of benzene rings is 2. The van der Waals surface area contributed by atoms with E-state index in [1.807, 2.05) is 24.3 Å². The largest absolute Gasteiger partial charge is 0.497 e. The number of rotatable bonds is 6. The molecule has 5 heteroatoms. The molecule has 21 heavy (non-hydrogen) atoms. The van der Waals surface area contributed by atoms with Crippen molar-refractivity contribution in [3.63, 3.8) is 0 Å². The van der Waals surface area contributed by atoms with Gasteiger partial charge in [0, 0.05) is 17.2 Å². The molecule has 0 fully saturated rings. The van der Waals surface area contributed by atoms with Crippen LogP contribution >= 0.6 is 12.2 Å². The van der Waals surface area contributed by atoms with Gasteiger partial charge in [-0.15, -0.1) is 0 Å². The summed E-state index contributed by atoms with van der Waals surface area (Å²) in [6.45, 7) is 0.383. The van der Waals surface area contributed by atoms with Crippen LogP contribution in [-0.2, 0) is 6.61 Å². The van der Waals surface area contributed by atoms with Crippen molar-refractivity contribution in [3.05, 3.63) is 53.6 Å². The summed E-state index contributed by atoms with van der Waals surface area (Å²) in [6.07, 6.45) is 0. The summed E-state index contributed by atoms with van der Waals surface area (Å²) in [5.41, 5.74) is 7.33. The number of nitrogens with two attached hydrogens (primary N) is 1. The predicted octanol–water partition coefficient (Wildman–Crippen LogP) is 2.92. The van der Waals surface area contributed by atoms with Gasteiger partial charge >= 0.3 is 0 Å². The molecule has 2 aromatic rings. The summed E-state index contributed by atoms with van der Waals surface area (Å²) >= 11 is 4.99. The molecule has 0 amide bonds. The third kappa shape index (κ3) is 3.86. The maximum atomic E-state index is 5.79. The fourth-order valence-electron chi connectivity index (χ4n) is 1.90. The molecular formula is C16H17NO3S. The minimum atomic E-state index is 0.302. The summed E-state index contributed by atoms with van der Waals surface area (Å²) in [5.74, 6) is 2.08. The number of hydrogen-bond donors (Lipinski definition) is 1. The van der Waals surface area contributed by atoms with Crippen molar-refractivity contribution in [1.29, 1.82) is 0 Å². The van der Waals surface area contributed by atoms with Gasteiger partial charge in [0.05, 0.1) is 14.2 Å². The zero-order chi connectivity index (χ0) is 15.2. The lowest BCUT2D eigenvalue weighted by Crippen LogP contribution is -2.10. The van der Waals surface area contributed by atoms with Crippen molar-refractivity contribution >= 4 is 17.2 Å². The minimum Gasteiger partial charge on any atom is -0.497 e. The maximum Gasteiger partial charge on any atom is 0.125 e. The molecule has 0 saturated heterocycles. The van der Waals surface area contributed by atoms with Crippen LogP contribution in [-0.4, -0.2) is 19.2 Å². The van der Waals surface area contributed by atoms with E-state index in [9.17, 15) is 0 Å². The Morgan fingerprint density at radius 2 is 1.76 bits per heavy atom. The van der Waals surface area contributed by atoms with Crippen LogP contribution in [0.1, 0.15) is 11.1 Å². The van der Waals surface area contributed by atoms with Crippen molar-refractivity contribution in [3.8, 4) is 17.2 Å². The van der Waals surface area contributed by atoms with E-state index in [-0.39, 0.29) is 0 Å². The zero-order valence-electron chi connectivity index (χ0n) is 12.0. The molecule has 0 saturated carbocycles. The summed E-state index contributed by atoms with van der Waals surface area (Å²) in [4.78, 5) is 0.302. The number of hydrogen-bond acceptors (Lipinski definition) is 4. The summed E-state index contributed by atoms with van der Waals surface area (Å²) in [5, 5.41) is 0. The van der Waals surface area contributed by atoms with Crippen LogP contribution in [0, 0.1) is 0 Å². The molecule has 4 nitrogen and oxygen atoms in total. The lowest BCUT2D eigenvalue weighted by Gasteiger charge is -2.12. The topological polar surface area (TPSA) is 53.7 Å². The van der Waals surface area contributed by atoms with Crippen LogP contribution in [0.3, 0.4) is 0 Å². The highest BCUT2D eigenvalue weighted by Gasteiger charge is 2.07. The predicted molar refractivity (Wildman–Crippen MR) is 86.2 cm³/mol. The van der Waals surface area contributed by atoms with E-state index >= 15 is 0 Å². The molecule has 2 N–H and O–H groups in total. The maximum absolute atomic E-state index is 5.79. The molecule has 2 aromatic carbocycles. The van der Waals surface area contributed by atoms with Gasteiger partial charge in [-0.05, 0) is 18.2 Å². The Balaban J connectivity index is 2.19. The fraction of sp³-hybridized carbons (Fsp3) is 0.188. The number of para-hydroxylation sites is 1.